The predicted octanol–water partition coefficient (Wildman–Crippen LogP) is 14.4. The molecule has 4 heteroatoms. The summed E-state index contributed by atoms with van der Waals surface area (Å²) in [4.78, 5) is 12.2. The van der Waals surface area contributed by atoms with Crippen molar-refractivity contribution in [3.63, 3.8) is 0 Å². The first-order valence-corrected chi connectivity index (χ1v) is 21.4. The summed E-state index contributed by atoms with van der Waals surface area (Å²) in [5.41, 5.74) is 0. The van der Waals surface area contributed by atoms with Gasteiger partial charge in [0.1, 0.15) is 6.10 Å². The van der Waals surface area contributed by atoms with Gasteiger partial charge in [0, 0.05) is 13.0 Å². The zero-order valence-electron chi connectivity index (χ0n) is 34.9. The summed E-state index contributed by atoms with van der Waals surface area (Å²) in [6.45, 7) is 4.94. The molecule has 0 saturated carbocycles. The molecule has 0 aliphatic rings. The molecule has 1 N–H and O–H groups in total. The number of ether oxygens (including phenoxy) is 2. The van der Waals surface area contributed by atoms with Crippen LogP contribution in [0.5, 0.6) is 0 Å². The molecule has 0 aromatic rings. The molecular formula is C51H78O4. The van der Waals surface area contributed by atoms with Crippen LogP contribution in [0, 0.1) is 0 Å². The number of carbonyl (C=O) groups excluding carboxylic acids is 1. The van der Waals surface area contributed by atoms with Gasteiger partial charge in [-0.05, 0) is 116 Å². The molecule has 0 aromatic heterocycles. The van der Waals surface area contributed by atoms with Gasteiger partial charge >= 0.3 is 5.97 Å². The standard InChI is InChI=1S/C51H78O4/c1-3-5-7-9-11-13-15-17-19-21-23-24-25-26-27-28-29-30-32-34-36-38-40-42-44-46-51(53)55-50(48-52)49-54-47-45-43-41-39-37-35-33-31-22-20-18-16-14-12-10-8-6-4-2/h5-8,11-14,17-20,23-24,26-27,29-31,33-34,36-37,39,50,52H,3-4,9-10,15-16,21-22,25,28,32,35,38,40-49H2,1-2H3/b7-5-,8-6-,13-11-,14-12-,19-17-,20-18-,24-23-,27-26-,30-29-,33-31-,36-34-,39-37-. The lowest BCUT2D eigenvalue weighted by Gasteiger charge is -2.15. The summed E-state index contributed by atoms with van der Waals surface area (Å²) in [6, 6.07) is 0. The molecule has 55 heavy (non-hydrogen) atoms. The highest BCUT2D eigenvalue weighted by atomic mass is 16.6. The molecule has 0 heterocycles. The van der Waals surface area contributed by atoms with E-state index >= 15 is 0 Å². The van der Waals surface area contributed by atoms with Gasteiger partial charge in [-0.2, -0.15) is 0 Å². The Kier molecular flexibility index (Phi) is 43.3. The lowest BCUT2D eigenvalue weighted by Crippen LogP contribution is -2.27. The number of hydrogen-bond acceptors (Lipinski definition) is 4. The Hall–Kier alpha value is -3.73. The van der Waals surface area contributed by atoms with E-state index in [1.807, 2.05) is 0 Å². The summed E-state index contributed by atoms with van der Waals surface area (Å²) >= 11 is 0. The fourth-order valence-electron chi connectivity index (χ4n) is 5.04. The fourth-order valence-corrected chi connectivity index (χ4v) is 5.04. The molecule has 0 rings (SSSR count). The topological polar surface area (TPSA) is 55.8 Å². The van der Waals surface area contributed by atoms with Gasteiger partial charge in [-0.3, -0.25) is 4.79 Å². The third-order valence-electron chi connectivity index (χ3n) is 8.16. The highest BCUT2D eigenvalue weighted by Crippen LogP contribution is 2.08. The van der Waals surface area contributed by atoms with Crippen LogP contribution in [0.4, 0.5) is 0 Å². The number of aliphatic hydroxyl groups excluding tert-OH is 1. The van der Waals surface area contributed by atoms with E-state index in [0.717, 1.165) is 122 Å². The number of rotatable bonds is 37. The van der Waals surface area contributed by atoms with Gasteiger partial charge in [0.2, 0.25) is 0 Å². The summed E-state index contributed by atoms with van der Waals surface area (Å²) in [6.07, 6.45) is 71.9. The van der Waals surface area contributed by atoms with Crippen molar-refractivity contribution in [2.45, 2.75) is 148 Å². The molecule has 0 bridgehead atoms. The van der Waals surface area contributed by atoms with Crippen molar-refractivity contribution < 1.29 is 19.4 Å². The van der Waals surface area contributed by atoms with Crippen molar-refractivity contribution in [2.75, 3.05) is 19.8 Å². The van der Waals surface area contributed by atoms with Crippen molar-refractivity contribution in [3.05, 3.63) is 146 Å². The van der Waals surface area contributed by atoms with Crippen molar-refractivity contribution in [1.82, 2.24) is 0 Å². The normalized spacial score (nSPS) is 13.9. The second kappa shape index (κ2) is 46.4. The van der Waals surface area contributed by atoms with Crippen LogP contribution >= 0.6 is 0 Å². The monoisotopic (exact) mass is 755 g/mol. The number of esters is 1. The Bertz CT molecular complexity index is 1200. The average Bonchev–Trinajstić information content (AvgIpc) is 3.19. The number of hydrogen-bond donors (Lipinski definition) is 1. The molecule has 0 aliphatic heterocycles. The van der Waals surface area contributed by atoms with E-state index in [2.05, 4.69) is 160 Å². The van der Waals surface area contributed by atoms with E-state index in [1.165, 1.54) is 0 Å². The summed E-state index contributed by atoms with van der Waals surface area (Å²) in [5.74, 6) is -0.255. The minimum Gasteiger partial charge on any atom is -0.457 e. The molecule has 0 spiro atoms. The Morgan fingerprint density at radius 3 is 1.11 bits per heavy atom. The van der Waals surface area contributed by atoms with E-state index in [4.69, 9.17) is 9.47 Å². The minimum atomic E-state index is -0.588. The predicted molar refractivity (Wildman–Crippen MR) is 241 cm³/mol. The highest BCUT2D eigenvalue weighted by Gasteiger charge is 2.13. The second-order valence-electron chi connectivity index (χ2n) is 13.3. The van der Waals surface area contributed by atoms with Gasteiger partial charge in [-0.1, -0.05) is 166 Å². The first-order chi connectivity index (χ1) is 27.2. The second-order valence-corrected chi connectivity index (χ2v) is 13.3. The first kappa shape index (κ1) is 51.3. The Balaban J connectivity index is 3.68. The zero-order chi connectivity index (χ0) is 39.8. The van der Waals surface area contributed by atoms with Crippen molar-refractivity contribution in [3.8, 4) is 0 Å². The SMILES string of the molecule is CC/C=C\C/C=C\C/C=C\C/C=C\C/C=C\C/C=C\C/C=C\CCCCCC(=O)OC(CO)COCCCC/C=C\C/C=C\C/C=C\C/C=C\C/C=C\CC. The Morgan fingerprint density at radius 1 is 0.436 bits per heavy atom. The van der Waals surface area contributed by atoms with Crippen LogP contribution in [0.1, 0.15) is 142 Å². The quantitative estimate of drug-likeness (QED) is 0.0390. The maximum absolute atomic E-state index is 12.2. The molecule has 0 aliphatic carbocycles. The summed E-state index contributed by atoms with van der Waals surface area (Å²) in [7, 11) is 0. The molecule has 1 unspecified atom stereocenters. The van der Waals surface area contributed by atoms with E-state index < -0.39 is 6.10 Å². The van der Waals surface area contributed by atoms with Crippen molar-refractivity contribution >= 4 is 5.97 Å². The van der Waals surface area contributed by atoms with E-state index in [0.29, 0.717) is 13.0 Å². The largest absolute Gasteiger partial charge is 0.457 e. The molecule has 1 atom stereocenters. The Morgan fingerprint density at radius 2 is 0.764 bits per heavy atom. The lowest BCUT2D eigenvalue weighted by molar-refractivity contribution is -0.154. The van der Waals surface area contributed by atoms with Crippen LogP contribution in [-0.2, 0) is 14.3 Å². The van der Waals surface area contributed by atoms with Gasteiger partial charge in [0.25, 0.3) is 0 Å². The minimum absolute atomic E-state index is 0.215. The van der Waals surface area contributed by atoms with E-state index in [1.54, 1.807) is 0 Å². The highest BCUT2D eigenvalue weighted by molar-refractivity contribution is 5.69. The number of allylic oxidation sites excluding steroid dienone is 24. The molecule has 306 valence electrons. The Labute approximate surface area is 338 Å². The van der Waals surface area contributed by atoms with Crippen LogP contribution in [-0.4, -0.2) is 37.0 Å². The van der Waals surface area contributed by atoms with Gasteiger partial charge in [0.05, 0.1) is 13.2 Å². The maximum Gasteiger partial charge on any atom is 0.306 e. The molecule has 0 amide bonds. The van der Waals surface area contributed by atoms with E-state index in [-0.39, 0.29) is 19.2 Å². The van der Waals surface area contributed by atoms with Gasteiger partial charge < -0.3 is 14.6 Å². The summed E-state index contributed by atoms with van der Waals surface area (Å²) in [5, 5.41) is 9.60. The third-order valence-corrected chi connectivity index (χ3v) is 8.16. The van der Waals surface area contributed by atoms with Crippen LogP contribution in [0.3, 0.4) is 0 Å². The van der Waals surface area contributed by atoms with E-state index in [9.17, 15) is 9.90 Å². The van der Waals surface area contributed by atoms with Crippen molar-refractivity contribution in [1.29, 1.82) is 0 Å². The maximum atomic E-state index is 12.2. The molecule has 0 radical (unpaired) electrons. The molecule has 0 fully saturated rings. The zero-order valence-corrected chi connectivity index (χ0v) is 34.9. The number of carbonyl (C=O) groups is 1. The third kappa shape index (κ3) is 44.6. The van der Waals surface area contributed by atoms with Gasteiger partial charge in [-0.25, -0.2) is 0 Å². The number of aliphatic hydroxyl groups is 1. The van der Waals surface area contributed by atoms with Crippen LogP contribution in [0.15, 0.2) is 146 Å². The van der Waals surface area contributed by atoms with Crippen LogP contribution < -0.4 is 0 Å². The first-order valence-electron chi connectivity index (χ1n) is 21.4. The summed E-state index contributed by atoms with van der Waals surface area (Å²) < 4.78 is 11.1. The fraction of sp³-hybridized carbons (Fsp3) is 0.510. The van der Waals surface area contributed by atoms with Crippen molar-refractivity contribution in [2.24, 2.45) is 0 Å². The smallest absolute Gasteiger partial charge is 0.306 e. The van der Waals surface area contributed by atoms with Crippen LogP contribution in [0.2, 0.25) is 0 Å². The van der Waals surface area contributed by atoms with Gasteiger partial charge in [-0.15, -0.1) is 0 Å². The average molecular weight is 755 g/mol. The molecule has 0 saturated heterocycles. The van der Waals surface area contributed by atoms with Crippen LogP contribution in [0.25, 0.3) is 0 Å². The lowest BCUT2D eigenvalue weighted by atomic mass is 10.1. The number of unbranched alkanes of at least 4 members (excludes halogenated alkanes) is 5. The molecule has 0 aromatic carbocycles. The molecular weight excluding hydrogens is 677 g/mol. The van der Waals surface area contributed by atoms with Gasteiger partial charge in [0.15, 0.2) is 0 Å². The molecule has 4 nitrogen and oxygen atoms in total.